The lowest BCUT2D eigenvalue weighted by Gasteiger charge is -2.24. The number of aryl methyl sites for hydroxylation is 3. The molecule has 0 N–H and O–H groups in total. The van der Waals surface area contributed by atoms with Crippen molar-refractivity contribution in [2.75, 3.05) is 10.9 Å². The lowest BCUT2D eigenvalue weighted by molar-refractivity contribution is 0.0488. The number of sulfonamides is 1. The standard InChI is InChI=1S/C24H25N3O6S/c1-5-32-23(28)22-12-9-18(33-22)15-27(17-8-6-7-16(2)13-17)34(30,31)19-10-11-20-21(14-19)26(4)24(29)25(20)3/h6-14H,5,15H2,1-4H3. The second-order valence-electron chi connectivity index (χ2n) is 7.89. The molecule has 0 saturated carbocycles. The minimum absolute atomic E-state index is 0.000791. The molecule has 0 atom stereocenters. The number of aromatic nitrogens is 2. The topological polar surface area (TPSA) is 104 Å². The smallest absolute Gasteiger partial charge is 0.374 e. The third-order valence-corrected chi connectivity index (χ3v) is 7.33. The van der Waals surface area contributed by atoms with Crippen molar-refractivity contribution in [3.8, 4) is 0 Å². The Balaban J connectivity index is 1.80. The minimum atomic E-state index is -4.07. The summed E-state index contributed by atoms with van der Waals surface area (Å²) in [5.74, 6) is -0.338. The lowest BCUT2D eigenvalue weighted by atomic mass is 10.2. The molecule has 34 heavy (non-hydrogen) atoms. The summed E-state index contributed by atoms with van der Waals surface area (Å²) in [7, 11) is -0.838. The van der Waals surface area contributed by atoms with Gasteiger partial charge in [-0.2, -0.15) is 0 Å². The Bertz CT molecular complexity index is 1540. The Kier molecular flexibility index (Phi) is 6.09. The number of nitrogens with zero attached hydrogens (tertiary/aromatic N) is 3. The monoisotopic (exact) mass is 483 g/mol. The molecular weight excluding hydrogens is 458 g/mol. The van der Waals surface area contributed by atoms with E-state index in [4.69, 9.17) is 9.15 Å². The number of furan rings is 1. The van der Waals surface area contributed by atoms with E-state index in [1.165, 1.54) is 31.6 Å². The highest BCUT2D eigenvalue weighted by atomic mass is 32.2. The Morgan fingerprint density at radius 3 is 2.47 bits per heavy atom. The van der Waals surface area contributed by atoms with Crippen LogP contribution in [-0.2, 0) is 35.4 Å². The summed E-state index contributed by atoms with van der Waals surface area (Å²) in [5, 5.41) is 0. The molecule has 0 aliphatic carbocycles. The quantitative estimate of drug-likeness (QED) is 0.374. The molecule has 0 bridgehead atoms. The van der Waals surface area contributed by atoms with Gasteiger partial charge in [-0.1, -0.05) is 12.1 Å². The zero-order valence-corrected chi connectivity index (χ0v) is 20.1. The van der Waals surface area contributed by atoms with Gasteiger partial charge in [0.05, 0.1) is 34.8 Å². The fourth-order valence-electron chi connectivity index (χ4n) is 3.79. The van der Waals surface area contributed by atoms with E-state index < -0.39 is 16.0 Å². The van der Waals surface area contributed by atoms with Gasteiger partial charge in [-0.25, -0.2) is 18.0 Å². The summed E-state index contributed by atoms with van der Waals surface area (Å²) in [4.78, 5) is 24.3. The molecule has 10 heteroatoms. The Labute approximate surface area is 196 Å². The van der Waals surface area contributed by atoms with Gasteiger partial charge >= 0.3 is 11.7 Å². The molecule has 0 aliphatic heterocycles. The first kappa shape index (κ1) is 23.4. The number of fused-ring (bicyclic) bond motifs is 1. The predicted molar refractivity (Wildman–Crippen MR) is 127 cm³/mol. The molecule has 0 unspecified atom stereocenters. The van der Waals surface area contributed by atoms with Crippen molar-refractivity contribution in [3.05, 3.63) is 82.2 Å². The second-order valence-corrected chi connectivity index (χ2v) is 9.75. The summed E-state index contributed by atoms with van der Waals surface area (Å²) in [5.41, 5.74) is 2.20. The predicted octanol–water partition coefficient (Wildman–Crippen LogP) is 3.35. The third kappa shape index (κ3) is 4.12. The van der Waals surface area contributed by atoms with E-state index in [1.54, 1.807) is 51.4 Å². The third-order valence-electron chi connectivity index (χ3n) is 5.56. The van der Waals surface area contributed by atoms with Crippen LogP contribution in [0.4, 0.5) is 5.69 Å². The summed E-state index contributed by atoms with van der Waals surface area (Å²) in [6, 6.07) is 14.7. The summed E-state index contributed by atoms with van der Waals surface area (Å²) < 4.78 is 42.3. The van der Waals surface area contributed by atoms with E-state index in [9.17, 15) is 18.0 Å². The summed E-state index contributed by atoms with van der Waals surface area (Å²) in [6.07, 6.45) is 0. The van der Waals surface area contributed by atoms with Crippen molar-refractivity contribution in [1.29, 1.82) is 0 Å². The second kappa shape index (κ2) is 8.86. The van der Waals surface area contributed by atoms with Crippen LogP contribution in [-0.4, -0.2) is 30.1 Å². The van der Waals surface area contributed by atoms with Gasteiger partial charge in [-0.3, -0.25) is 13.4 Å². The minimum Gasteiger partial charge on any atom is -0.460 e. The van der Waals surface area contributed by atoms with Crippen LogP contribution in [0.2, 0.25) is 0 Å². The molecule has 2 aromatic carbocycles. The molecule has 0 amide bonds. The number of imidazole rings is 1. The number of benzene rings is 2. The molecule has 2 heterocycles. The zero-order valence-electron chi connectivity index (χ0n) is 19.3. The first-order valence-corrected chi connectivity index (χ1v) is 12.1. The van der Waals surface area contributed by atoms with E-state index in [-0.39, 0.29) is 35.3 Å². The van der Waals surface area contributed by atoms with Gasteiger partial charge < -0.3 is 9.15 Å². The summed E-state index contributed by atoms with van der Waals surface area (Å²) in [6.45, 7) is 3.61. The molecule has 2 aromatic heterocycles. The van der Waals surface area contributed by atoms with Crippen LogP contribution in [0.3, 0.4) is 0 Å². The van der Waals surface area contributed by atoms with Gasteiger partial charge in [0.15, 0.2) is 0 Å². The number of carbonyl (C=O) groups excluding carboxylic acids is 1. The maximum Gasteiger partial charge on any atom is 0.374 e. The van der Waals surface area contributed by atoms with Crippen LogP contribution in [0.25, 0.3) is 11.0 Å². The van der Waals surface area contributed by atoms with Crippen LogP contribution < -0.4 is 9.99 Å². The van der Waals surface area contributed by atoms with E-state index in [1.807, 2.05) is 13.0 Å². The molecule has 0 radical (unpaired) electrons. The van der Waals surface area contributed by atoms with E-state index in [0.717, 1.165) is 5.56 Å². The lowest BCUT2D eigenvalue weighted by Crippen LogP contribution is -2.30. The van der Waals surface area contributed by atoms with Gasteiger partial charge in [0.1, 0.15) is 5.76 Å². The van der Waals surface area contributed by atoms with Crippen molar-refractivity contribution in [3.63, 3.8) is 0 Å². The van der Waals surface area contributed by atoms with Crippen LogP contribution >= 0.6 is 0 Å². The highest BCUT2D eigenvalue weighted by Gasteiger charge is 2.28. The number of carbonyl (C=O) groups is 1. The number of rotatable bonds is 7. The average molecular weight is 484 g/mol. The van der Waals surface area contributed by atoms with Gasteiger partial charge in [0.25, 0.3) is 10.0 Å². The molecule has 0 fully saturated rings. The molecule has 0 spiro atoms. The van der Waals surface area contributed by atoms with Gasteiger partial charge in [0, 0.05) is 14.1 Å². The van der Waals surface area contributed by atoms with Crippen LogP contribution in [0.15, 0.2) is 68.7 Å². The van der Waals surface area contributed by atoms with Crippen molar-refractivity contribution >= 4 is 32.7 Å². The maximum atomic E-state index is 13.8. The highest BCUT2D eigenvalue weighted by molar-refractivity contribution is 7.92. The molecule has 9 nitrogen and oxygen atoms in total. The summed E-state index contributed by atoms with van der Waals surface area (Å²) >= 11 is 0. The van der Waals surface area contributed by atoms with E-state index in [0.29, 0.717) is 16.7 Å². The molecule has 0 aliphatic rings. The number of hydrogen-bond donors (Lipinski definition) is 0. The molecular formula is C24H25N3O6S. The first-order valence-electron chi connectivity index (χ1n) is 10.6. The average Bonchev–Trinajstić information content (AvgIpc) is 3.37. The largest absolute Gasteiger partial charge is 0.460 e. The van der Waals surface area contributed by atoms with Crippen LogP contribution in [0, 0.1) is 6.92 Å². The Hall–Kier alpha value is -3.79. The number of anilines is 1. The molecule has 4 rings (SSSR count). The zero-order chi connectivity index (χ0) is 24.6. The van der Waals surface area contributed by atoms with E-state index >= 15 is 0 Å². The van der Waals surface area contributed by atoms with Crippen LogP contribution in [0.1, 0.15) is 28.8 Å². The highest BCUT2D eigenvalue weighted by Crippen LogP contribution is 2.29. The first-order chi connectivity index (χ1) is 16.1. The fraction of sp³-hybridized carbons (Fsp3) is 0.250. The SMILES string of the molecule is CCOC(=O)c1ccc(CN(c2cccc(C)c2)S(=O)(=O)c2ccc3c(c2)n(C)c(=O)n3C)o1. The van der Waals surface area contributed by atoms with Crippen molar-refractivity contribution in [2.45, 2.75) is 25.3 Å². The van der Waals surface area contributed by atoms with Crippen LogP contribution in [0.5, 0.6) is 0 Å². The normalized spacial score (nSPS) is 11.6. The van der Waals surface area contributed by atoms with Gasteiger partial charge in [-0.05, 0) is 61.9 Å². The number of ether oxygens (including phenoxy) is 1. The Morgan fingerprint density at radius 2 is 1.76 bits per heavy atom. The van der Waals surface area contributed by atoms with Gasteiger partial charge in [-0.15, -0.1) is 0 Å². The fourth-order valence-corrected chi connectivity index (χ4v) is 5.23. The van der Waals surface area contributed by atoms with Crippen molar-refractivity contribution in [1.82, 2.24) is 9.13 Å². The van der Waals surface area contributed by atoms with Gasteiger partial charge in [0.2, 0.25) is 5.76 Å². The number of hydrogen-bond acceptors (Lipinski definition) is 6. The maximum absolute atomic E-state index is 13.8. The van der Waals surface area contributed by atoms with Crippen molar-refractivity contribution in [2.24, 2.45) is 14.1 Å². The molecule has 4 aromatic rings. The Morgan fingerprint density at radius 1 is 1.03 bits per heavy atom. The number of esters is 1. The van der Waals surface area contributed by atoms with Crippen molar-refractivity contribution < 1.29 is 22.4 Å². The molecule has 0 saturated heterocycles. The molecule has 178 valence electrons. The van der Waals surface area contributed by atoms with E-state index in [2.05, 4.69) is 0 Å².